The van der Waals surface area contributed by atoms with Crippen molar-refractivity contribution in [3.8, 4) is 0 Å². The zero-order valence-corrected chi connectivity index (χ0v) is 12.7. The van der Waals surface area contributed by atoms with Crippen molar-refractivity contribution in [2.24, 2.45) is 0 Å². The van der Waals surface area contributed by atoms with E-state index in [4.69, 9.17) is 4.74 Å². The Morgan fingerprint density at radius 3 is 2.90 bits per heavy atom. The van der Waals surface area contributed by atoms with Gasteiger partial charge in [-0.3, -0.25) is 4.79 Å². The molecule has 2 saturated heterocycles. The second kappa shape index (κ2) is 5.82. The van der Waals surface area contributed by atoms with E-state index < -0.39 is 0 Å². The maximum atomic E-state index is 13.1. The van der Waals surface area contributed by atoms with Crippen LogP contribution in [0.2, 0.25) is 0 Å². The number of rotatable bonds is 2. The van der Waals surface area contributed by atoms with E-state index >= 15 is 0 Å². The Morgan fingerprint density at radius 1 is 1.35 bits per heavy atom. The minimum Gasteiger partial charge on any atom is -0.376 e. The second-order valence-corrected chi connectivity index (χ2v) is 6.24. The molecule has 0 bridgehead atoms. The van der Waals surface area contributed by atoms with Gasteiger partial charge in [-0.25, -0.2) is 4.39 Å². The molecule has 2 aliphatic heterocycles. The van der Waals surface area contributed by atoms with Crippen LogP contribution in [0.3, 0.4) is 0 Å². The predicted molar refractivity (Wildman–Crippen MR) is 77.1 cm³/mol. The Balaban J connectivity index is 1.81. The monoisotopic (exact) mass is 341 g/mol. The highest BCUT2D eigenvalue weighted by Gasteiger charge is 2.37. The van der Waals surface area contributed by atoms with Gasteiger partial charge in [0.05, 0.1) is 17.7 Å². The fourth-order valence-corrected chi connectivity index (χ4v) is 3.68. The van der Waals surface area contributed by atoms with Crippen LogP contribution in [0.4, 0.5) is 4.39 Å². The average molecular weight is 342 g/mol. The van der Waals surface area contributed by atoms with Gasteiger partial charge in [0.1, 0.15) is 5.82 Å². The fraction of sp³-hybridized carbons (Fsp3) is 0.533. The van der Waals surface area contributed by atoms with E-state index in [0.29, 0.717) is 10.0 Å². The lowest BCUT2D eigenvalue weighted by molar-refractivity contribution is 0.0340. The van der Waals surface area contributed by atoms with Gasteiger partial charge in [-0.2, -0.15) is 0 Å². The molecule has 2 heterocycles. The van der Waals surface area contributed by atoms with Crippen molar-refractivity contribution in [2.45, 2.75) is 37.8 Å². The lowest BCUT2D eigenvalue weighted by atomic mass is 10.0. The minimum atomic E-state index is -0.342. The van der Waals surface area contributed by atoms with Gasteiger partial charge in [-0.05, 0) is 59.8 Å². The van der Waals surface area contributed by atoms with Gasteiger partial charge in [0.15, 0.2) is 0 Å². The van der Waals surface area contributed by atoms with Gasteiger partial charge in [0.2, 0.25) is 0 Å². The molecule has 2 aliphatic rings. The largest absolute Gasteiger partial charge is 0.376 e. The van der Waals surface area contributed by atoms with E-state index in [1.54, 1.807) is 6.07 Å². The van der Waals surface area contributed by atoms with Crippen molar-refractivity contribution in [1.82, 2.24) is 4.90 Å². The molecular formula is C15H17BrFNO2. The topological polar surface area (TPSA) is 29.5 Å². The summed E-state index contributed by atoms with van der Waals surface area (Å²) in [6.45, 7) is 1.55. The molecule has 0 spiro atoms. The second-order valence-electron chi connectivity index (χ2n) is 5.38. The summed E-state index contributed by atoms with van der Waals surface area (Å²) in [5, 5.41) is 0. The third-order valence-electron chi connectivity index (χ3n) is 4.12. The maximum absolute atomic E-state index is 13.1. The summed E-state index contributed by atoms with van der Waals surface area (Å²) in [4.78, 5) is 14.6. The Hall–Kier alpha value is -0.940. The first-order chi connectivity index (χ1) is 9.66. The lowest BCUT2D eigenvalue weighted by Gasteiger charge is -2.29. The smallest absolute Gasteiger partial charge is 0.255 e. The number of ether oxygens (including phenoxy) is 1. The van der Waals surface area contributed by atoms with Crippen LogP contribution in [0.25, 0.3) is 0 Å². The SMILES string of the molecule is O=C(c1ccc(F)cc1Br)N1CCC[C@H]1[C@H]1CCCO1. The summed E-state index contributed by atoms with van der Waals surface area (Å²) >= 11 is 3.28. The number of carbonyl (C=O) groups is 1. The molecule has 1 aromatic carbocycles. The summed E-state index contributed by atoms with van der Waals surface area (Å²) in [5.74, 6) is -0.375. The Bertz CT molecular complexity index is 517. The van der Waals surface area contributed by atoms with Crippen molar-refractivity contribution >= 4 is 21.8 Å². The molecule has 1 aromatic rings. The average Bonchev–Trinajstić information content (AvgIpc) is 3.09. The maximum Gasteiger partial charge on any atom is 0.255 e. The summed E-state index contributed by atoms with van der Waals surface area (Å²) in [6.07, 6.45) is 4.27. The van der Waals surface area contributed by atoms with Crippen molar-refractivity contribution < 1.29 is 13.9 Å². The summed E-state index contributed by atoms with van der Waals surface area (Å²) in [6, 6.07) is 4.38. The number of nitrogens with zero attached hydrogens (tertiary/aromatic N) is 1. The van der Waals surface area contributed by atoms with E-state index in [0.717, 1.165) is 38.8 Å². The minimum absolute atomic E-state index is 0.0325. The van der Waals surface area contributed by atoms with Gasteiger partial charge in [-0.1, -0.05) is 0 Å². The Morgan fingerprint density at radius 2 is 2.20 bits per heavy atom. The standard InChI is InChI=1S/C15H17BrFNO2/c16-12-9-10(17)5-6-11(12)15(19)18-7-1-3-13(18)14-4-2-8-20-14/h5-6,9,13-14H,1-4,7-8H2/t13-,14+/m0/s1. The van der Waals surface area contributed by atoms with Crippen LogP contribution < -0.4 is 0 Å². The normalized spacial score (nSPS) is 26.2. The number of amides is 1. The quantitative estimate of drug-likeness (QED) is 0.825. The molecule has 0 N–H and O–H groups in total. The molecule has 0 aromatic heterocycles. The van der Waals surface area contributed by atoms with Crippen molar-refractivity contribution in [3.05, 3.63) is 34.1 Å². The first-order valence-electron chi connectivity index (χ1n) is 7.04. The molecule has 20 heavy (non-hydrogen) atoms. The van der Waals surface area contributed by atoms with Crippen molar-refractivity contribution in [2.75, 3.05) is 13.2 Å². The molecule has 1 amide bonds. The Kier molecular flexibility index (Phi) is 4.08. The van der Waals surface area contributed by atoms with Gasteiger partial charge < -0.3 is 9.64 Å². The molecule has 0 unspecified atom stereocenters. The molecule has 0 aliphatic carbocycles. The highest BCUT2D eigenvalue weighted by Crippen LogP contribution is 2.30. The third kappa shape index (κ3) is 2.61. The Labute approximate surface area is 126 Å². The van der Waals surface area contributed by atoms with Crippen LogP contribution in [0.1, 0.15) is 36.0 Å². The van der Waals surface area contributed by atoms with Crippen LogP contribution in [-0.4, -0.2) is 36.1 Å². The summed E-state index contributed by atoms with van der Waals surface area (Å²) in [7, 11) is 0. The zero-order chi connectivity index (χ0) is 14.1. The highest BCUT2D eigenvalue weighted by molar-refractivity contribution is 9.10. The van der Waals surface area contributed by atoms with Crippen molar-refractivity contribution in [1.29, 1.82) is 0 Å². The summed E-state index contributed by atoms with van der Waals surface area (Å²) < 4.78 is 19.4. The van der Waals surface area contributed by atoms with Crippen LogP contribution in [0.5, 0.6) is 0 Å². The number of likely N-dealkylation sites (tertiary alicyclic amines) is 1. The van der Waals surface area contributed by atoms with Gasteiger partial charge in [0, 0.05) is 17.6 Å². The third-order valence-corrected chi connectivity index (χ3v) is 4.77. The molecule has 108 valence electrons. The van der Waals surface area contributed by atoms with Crippen LogP contribution in [0, 0.1) is 5.82 Å². The van der Waals surface area contributed by atoms with E-state index in [-0.39, 0.29) is 23.9 Å². The van der Waals surface area contributed by atoms with E-state index in [9.17, 15) is 9.18 Å². The van der Waals surface area contributed by atoms with E-state index in [1.165, 1.54) is 12.1 Å². The molecule has 2 fully saturated rings. The molecule has 5 heteroatoms. The number of hydrogen-bond acceptors (Lipinski definition) is 2. The number of carbonyl (C=O) groups excluding carboxylic acids is 1. The van der Waals surface area contributed by atoms with Gasteiger partial charge in [-0.15, -0.1) is 0 Å². The van der Waals surface area contributed by atoms with Gasteiger partial charge >= 0.3 is 0 Å². The molecule has 2 atom stereocenters. The van der Waals surface area contributed by atoms with Crippen LogP contribution >= 0.6 is 15.9 Å². The molecule has 3 nitrogen and oxygen atoms in total. The van der Waals surface area contributed by atoms with Crippen LogP contribution in [-0.2, 0) is 4.74 Å². The van der Waals surface area contributed by atoms with E-state index in [2.05, 4.69) is 15.9 Å². The number of hydrogen-bond donors (Lipinski definition) is 0. The highest BCUT2D eigenvalue weighted by atomic mass is 79.9. The molecule has 0 radical (unpaired) electrons. The molecule has 0 saturated carbocycles. The van der Waals surface area contributed by atoms with Crippen molar-refractivity contribution in [3.63, 3.8) is 0 Å². The van der Waals surface area contributed by atoms with E-state index in [1.807, 2.05) is 4.90 Å². The molecule has 3 rings (SSSR count). The number of halogens is 2. The predicted octanol–water partition coefficient (Wildman–Crippen LogP) is 3.37. The number of benzene rings is 1. The fourth-order valence-electron chi connectivity index (χ4n) is 3.15. The summed E-state index contributed by atoms with van der Waals surface area (Å²) in [5.41, 5.74) is 0.524. The van der Waals surface area contributed by atoms with Gasteiger partial charge in [0.25, 0.3) is 5.91 Å². The zero-order valence-electron chi connectivity index (χ0n) is 11.1. The molecular weight excluding hydrogens is 325 g/mol. The first-order valence-corrected chi connectivity index (χ1v) is 7.84. The first kappa shape index (κ1) is 14.0. The lowest BCUT2D eigenvalue weighted by Crippen LogP contribution is -2.42. The van der Waals surface area contributed by atoms with Crippen LogP contribution in [0.15, 0.2) is 22.7 Å².